The molecule has 0 fully saturated rings. The highest BCUT2D eigenvalue weighted by Gasteiger charge is 2.14. The van der Waals surface area contributed by atoms with Gasteiger partial charge in [0, 0.05) is 19.6 Å². The van der Waals surface area contributed by atoms with E-state index in [2.05, 4.69) is 34.9 Å². The maximum atomic E-state index is 5.12. The number of hydrogen-bond acceptors (Lipinski definition) is 2. The van der Waals surface area contributed by atoms with E-state index >= 15 is 0 Å². The smallest absolute Gasteiger partial charge is 0.0635 e. The molecule has 1 aromatic heterocycles. The monoisotopic (exact) mass is 246 g/mol. The number of ether oxygens (including phenoxy) is 1. The topological polar surface area (TPSA) is 27.1 Å². The molecular formula is C9H15BrN2O. The molecule has 0 aliphatic carbocycles. The Labute approximate surface area is 87.2 Å². The average Bonchev–Trinajstić information content (AvgIpc) is 2.47. The van der Waals surface area contributed by atoms with E-state index in [-0.39, 0.29) is 0 Å². The average molecular weight is 247 g/mol. The maximum Gasteiger partial charge on any atom is 0.0635 e. The Hall–Kier alpha value is -0.350. The lowest BCUT2D eigenvalue weighted by molar-refractivity contribution is 0.181. The van der Waals surface area contributed by atoms with Gasteiger partial charge in [-0.1, -0.05) is 6.92 Å². The molecule has 0 aliphatic rings. The van der Waals surface area contributed by atoms with Gasteiger partial charge in [-0.3, -0.25) is 4.68 Å². The van der Waals surface area contributed by atoms with Gasteiger partial charge in [-0.2, -0.15) is 5.10 Å². The predicted molar refractivity (Wildman–Crippen MR) is 55.9 cm³/mol. The Morgan fingerprint density at radius 1 is 1.69 bits per heavy atom. The van der Waals surface area contributed by atoms with Crippen molar-refractivity contribution in [2.75, 3.05) is 13.7 Å². The van der Waals surface area contributed by atoms with E-state index in [9.17, 15) is 0 Å². The van der Waals surface area contributed by atoms with E-state index < -0.39 is 0 Å². The quantitative estimate of drug-likeness (QED) is 0.816. The highest BCUT2D eigenvalue weighted by Crippen LogP contribution is 2.24. The molecule has 0 aliphatic heterocycles. The standard InChI is InChI=1S/C9H15BrN2O/c1-4-12-9(7(2)6-13-3)8(10)5-11-12/h5,7H,4,6H2,1-3H3. The van der Waals surface area contributed by atoms with Gasteiger partial charge >= 0.3 is 0 Å². The summed E-state index contributed by atoms with van der Waals surface area (Å²) in [5.41, 5.74) is 1.21. The van der Waals surface area contributed by atoms with Crippen LogP contribution in [-0.2, 0) is 11.3 Å². The largest absolute Gasteiger partial charge is 0.384 e. The van der Waals surface area contributed by atoms with Crippen LogP contribution >= 0.6 is 15.9 Å². The summed E-state index contributed by atoms with van der Waals surface area (Å²) in [7, 11) is 1.72. The van der Waals surface area contributed by atoms with Gasteiger partial charge in [0.15, 0.2) is 0 Å². The zero-order valence-electron chi connectivity index (χ0n) is 8.25. The number of rotatable bonds is 4. The summed E-state index contributed by atoms with van der Waals surface area (Å²) in [5, 5.41) is 4.25. The van der Waals surface area contributed by atoms with Crippen LogP contribution in [0.25, 0.3) is 0 Å². The Morgan fingerprint density at radius 3 is 2.92 bits per heavy atom. The third kappa shape index (κ3) is 2.31. The molecule has 1 rings (SSSR count). The second-order valence-corrected chi connectivity index (χ2v) is 3.90. The lowest BCUT2D eigenvalue weighted by Crippen LogP contribution is -2.10. The van der Waals surface area contributed by atoms with Crippen LogP contribution < -0.4 is 0 Å². The molecule has 74 valence electrons. The first-order chi connectivity index (χ1) is 6.20. The van der Waals surface area contributed by atoms with Crippen LogP contribution in [0.3, 0.4) is 0 Å². The van der Waals surface area contributed by atoms with Crippen LogP contribution in [0.5, 0.6) is 0 Å². The predicted octanol–water partition coefficient (Wildman–Crippen LogP) is 2.42. The minimum atomic E-state index is 0.377. The van der Waals surface area contributed by atoms with Crippen molar-refractivity contribution in [3.8, 4) is 0 Å². The highest BCUT2D eigenvalue weighted by atomic mass is 79.9. The van der Waals surface area contributed by atoms with Crippen molar-refractivity contribution in [3.63, 3.8) is 0 Å². The Balaban J connectivity index is 2.89. The first kappa shape index (κ1) is 10.7. The number of halogens is 1. The molecule has 0 aromatic carbocycles. The van der Waals surface area contributed by atoms with Crippen molar-refractivity contribution in [3.05, 3.63) is 16.4 Å². The summed E-state index contributed by atoms with van der Waals surface area (Å²) in [6.07, 6.45) is 1.84. The first-order valence-electron chi connectivity index (χ1n) is 4.40. The maximum absolute atomic E-state index is 5.12. The summed E-state index contributed by atoms with van der Waals surface area (Å²) in [4.78, 5) is 0. The zero-order valence-corrected chi connectivity index (χ0v) is 9.84. The normalized spacial score (nSPS) is 13.2. The Bertz CT molecular complexity index is 273. The summed E-state index contributed by atoms with van der Waals surface area (Å²) < 4.78 is 8.18. The SMILES string of the molecule is CCn1ncc(Br)c1C(C)COC. The van der Waals surface area contributed by atoms with E-state index in [1.54, 1.807) is 7.11 Å². The highest BCUT2D eigenvalue weighted by molar-refractivity contribution is 9.10. The van der Waals surface area contributed by atoms with Gasteiger partial charge in [-0.25, -0.2) is 0 Å². The third-order valence-corrected chi connectivity index (χ3v) is 2.63. The molecule has 1 unspecified atom stereocenters. The van der Waals surface area contributed by atoms with E-state index in [0.29, 0.717) is 5.92 Å². The van der Waals surface area contributed by atoms with Gasteiger partial charge in [0.2, 0.25) is 0 Å². The molecule has 0 saturated heterocycles. The molecule has 0 saturated carbocycles. The molecule has 1 atom stereocenters. The number of aryl methyl sites for hydroxylation is 1. The molecule has 4 heteroatoms. The van der Waals surface area contributed by atoms with Gasteiger partial charge in [-0.05, 0) is 22.9 Å². The fraction of sp³-hybridized carbons (Fsp3) is 0.667. The summed E-state index contributed by atoms with van der Waals surface area (Å²) in [5.74, 6) is 0.377. The summed E-state index contributed by atoms with van der Waals surface area (Å²) in [6.45, 7) is 5.85. The molecule has 1 aromatic rings. The Kier molecular flexibility index (Phi) is 3.93. The number of hydrogen-bond donors (Lipinski definition) is 0. The van der Waals surface area contributed by atoms with Gasteiger partial charge in [-0.15, -0.1) is 0 Å². The molecule has 13 heavy (non-hydrogen) atoms. The van der Waals surface area contributed by atoms with Crippen LogP contribution in [-0.4, -0.2) is 23.5 Å². The Morgan fingerprint density at radius 2 is 2.38 bits per heavy atom. The fourth-order valence-electron chi connectivity index (χ4n) is 1.44. The van der Waals surface area contributed by atoms with Crippen LogP contribution in [0, 0.1) is 0 Å². The van der Waals surface area contributed by atoms with E-state index in [4.69, 9.17) is 4.74 Å². The molecule has 0 bridgehead atoms. The molecular weight excluding hydrogens is 232 g/mol. The lowest BCUT2D eigenvalue weighted by Gasteiger charge is -2.12. The minimum absolute atomic E-state index is 0.377. The second kappa shape index (κ2) is 4.77. The van der Waals surface area contributed by atoms with Crippen LogP contribution in [0.15, 0.2) is 10.7 Å². The van der Waals surface area contributed by atoms with Crippen molar-refractivity contribution >= 4 is 15.9 Å². The molecule has 0 amide bonds. The first-order valence-corrected chi connectivity index (χ1v) is 5.20. The van der Waals surface area contributed by atoms with Crippen LogP contribution in [0.4, 0.5) is 0 Å². The van der Waals surface area contributed by atoms with Gasteiger partial charge < -0.3 is 4.74 Å². The molecule has 3 nitrogen and oxygen atoms in total. The molecule has 0 N–H and O–H groups in total. The third-order valence-electron chi connectivity index (χ3n) is 2.02. The van der Waals surface area contributed by atoms with Crippen molar-refractivity contribution < 1.29 is 4.74 Å². The number of nitrogens with zero attached hydrogens (tertiary/aromatic N) is 2. The molecule has 0 spiro atoms. The second-order valence-electron chi connectivity index (χ2n) is 3.05. The van der Waals surface area contributed by atoms with Crippen LogP contribution in [0.2, 0.25) is 0 Å². The minimum Gasteiger partial charge on any atom is -0.384 e. The lowest BCUT2D eigenvalue weighted by atomic mass is 10.1. The number of methoxy groups -OCH3 is 1. The van der Waals surface area contributed by atoms with Crippen molar-refractivity contribution in [2.45, 2.75) is 26.3 Å². The van der Waals surface area contributed by atoms with E-state index in [1.165, 1.54) is 5.69 Å². The van der Waals surface area contributed by atoms with Gasteiger partial charge in [0.1, 0.15) is 0 Å². The van der Waals surface area contributed by atoms with Crippen LogP contribution in [0.1, 0.15) is 25.5 Å². The van der Waals surface area contributed by atoms with Gasteiger partial charge in [0.25, 0.3) is 0 Å². The summed E-state index contributed by atoms with van der Waals surface area (Å²) >= 11 is 3.49. The van der Waals surface area contributed by atoms with Crippen molar-refractivity contribution in [2.24, 2.45) is 0 Å². The van der Waals surface area contributed by atoms with E-state index in [1.807, 2.05) is 10.9 Å². The van der Waals surface area contributed by atoms with Crippen molar-refractivity contribution in [1.29, 1.82) is 0 Å². The molecule has 1 heterocycles. The van der Waals surface area contributed by atoms with Crippen molar-refractivity contribution in [1.82, 2.24) is 9.78 Å². The van der Waals surface area contributed by atoms with E-state index in [0.717, 1.165) is 17.6 Å². The molecule has 0 radical (unpaired) electrons. The fourth-order valence-corrected chi connectivity index (χ4v) is 2.13. The zero-order chi connectivity index (χ0) is 9.84. The summed E-state index contributed by atoms with van der Waals surface area (Å²) in [6, 6.07) is 0. The van der Waals surface area contributed by atoms with Gasteiger partial charge in [0.05, 0.1) is 23.0 Å². The number of aromatic nitrogens is 2.